The first-order chi connectivity index (χ1) is 12.0. The Morgan fingerprint density at radius 1 is 1.11 bits per heavy atom. The minimum absolute atomic E-state index is 0. The van der Waals surface area contributed by atoms with Gasteiger partial charge in [-0.05, 0) is 17.7 Å². The van der Waals surface area contributed by atoms with Gasteiger partial charge in [0.1, 0.15) is 0 Å². The third-order valence-electron chi connectivity index (χ3n) is 2.96. The molecule has 0 saturated carbocycles. The van der Waals surface area contributed by atoms with E-state index in [0.717, 1.165) is 29.7 Å². The first kappa shape index (κ1) is 28.4. The SMILES string of the molecule is [CH-]=C([C-]=C(Br)C(=[CH-])C)NCc1ccc2nccnc2c1.[CH2-]CNC[CH2-].[Li+].[Li+]. The second-order valence-corrected chi connectivity index (χ2v) is 5.81. The van der Waals surface area contributed by atoms with E-state index in [2.05, 4.69) is 56.5 Å². The Bertz CT molecular complexity index is 746. The van der Waals surface area contributed by atoms with Gasteiger partial charge in [0.25, 0.3) is 0 Å². The van der Waals surface area contributed by atoms with Crippen molar-refractivity contribution in [1.82, 2.24) is 20.6 Å². The number of halogens is 1. The first-order valence-corrected chi connectivity index (χ1v) is 8.51. The predicted molar refractivity (Wildman–Crippen MR) is 107 cm³/mol. The summed E-state index contributed by atoms with van der Waals surface area (Å²) in [6.07, 6.45) is 6.26. The summed E-state index contributed by atoms with van der Waals surface area (Å²) in [5, 5.41) is 5.95. The molecule has 0 aliphatic carbocycles. The van der Waals surface area contributed by atoms with Crippen molar-refractivity contribution in [3.05, 3.63) is 85.0 Å². The van der Waals surface area contributed by atoms with Crippen LogP contribution in [0.3, 0.4) is 0 Å². The standard InChI is InChI=1S/C16H13BrN3.C4H9N.2Li/c1-11(2)14(17)8-12(3)20-10-13-4-5-15-16(9-13)19-7-6-18-15;1-3-5-4-2;;/h1,3-7,9,20H,10H2,2H3;5H,1-4H2;;/q-3;-2;2*+1. The molecule has 0 aliphatic heterocycles. The maximum absolute atomic E-state index is 5.82. The largest absolute Gasteiger partial charge is 1.00 e. The number of hydrogen-bond donors (Lipinski definition) is 2. The fraction of sp³-hybridized carbons (Fsp3) is 0.200. The van der Waals surface area contributed by atoms with Crippen LogP contribution in [0.1, 0.15) is 12.5 Å². The van der Waals surface area contributed by atoms with Crippen molar-refractivity contribution >= 4 is 27.0 Å². The maximum Gasteiger partial charge on any atom is 1.00 e. The molecule has 2 aromatic rings. The van der Waals surface area contributed by atoms with E-state index >= 15 is 0 Å². The normalized spacial score (nSPS) is 10.0. The fourth-order valence-corrected chi connectivity index (χ4v) is 1.92. The molecule has 0 amide bonds. The van der Waals surface area contributed by atoms with Crippen LogP contribution in [-0.2, 0) is 6.54 Å². The van der Waals surface area contributed by atoms with Gasteiger partial charge in [-0.3, -0.25) is 22.1 Å². The van der Waals surface area contributed by atoms with Gasteiger partial charge in [-0.25, -0.2) is 15.9 Å². The average Bonchev–Trinajstić information content (AvgIpc) is 2.61. The summed E-state index contributed by atoms with van der Waals surface area (Å²) in [5.41, 5.74) is 3.83. The van der Waals surface area contributed by atoms with Gasteiger partial charge in [-0.2, -0.15) is 0 Å². The first-order valence-electron chi connectivity index (χ1n) is 7.72. The molecule has 0 radical (unpaired) electrons. The van der Waals surface area contributed by atoms with Crippen LogP contribution in [-0.4, -0.2) is 23.1 Å². The molecule has 0 atom stereocenters. The van der Waals surface area contributed by atoms with Crippen LogP contribution >= 0.6 is 15.9 Å². The summed E-state index contributed by atoms with van der Waals surface area (Å²) in [5.74, 6) is 0. The van der Waals surface area contributed by atoms with Gasteiger partial charge >= 0.3 is 37.7 Å². The second-order valence-electron chi connectivity index (χ2n) is 5.02. The van der Waals surface area contributed by atoms with E-state index in [1.165, 1.54) is 0 Å². The van der Waals surface area contributed by atoms with Crippen LogP contribution in [0.5, 0.6) is 0 Å². The molecule has 0 aliphatic rings. The molecule has 0 saturated heterocycles. The molecule has 2 rings (SSSR count). The van der Waals surface area contributed by atoms with Gasteiger partial charge in [-0.15, -0.1) is 13.1 Å². The number of nitrogens with zero attached hydrogens (tertiary/aromatic N) is 2. The Morgan fingerprint density at radius 2 is 1.70 bits per heavy atom. The summed E-state index contributed by atoms with van der Waals surface area (Å²) in [4.78, 5) is 8.49. The number of allylic oxidation sites excluding steroid dienone is 3. The minimum Gasteiger partial charge on any atom is -0.577 e. The molecule has 0 spiro atoms. The van der Waals surface area contributed by atoms with Gasteiger partial charge in [0, 0.05) is 18.9 Å². The van der Waals surface area contributed by atoms with Crippen molar-refractivity contribution in [3.8, 4) is 0 Å². The van der Waals surface area contributed by atoms with Crippen molar-refractivity contribution < 1.29 is 37.7 Å². The van der Waals surface area contributed by atoms with Crippen molar-refractivity contribution in [3.63, 3.8) is 0 Å². The second kappa shape index (κ2) is 16.2. The molecule has 7 heteroatoms. The number of fused-ring (bicyclic) bond motifs is 1. The zero-order chi connectivity index (χ0) is 18.7. The number of benzene rings is 1. The molecule has 4 nitrogen and oxygen atoms in total. The molecule has 1 aromatic heterocycles. The van der Waals surface area contributed by atoms with Crippen molar-refractivity contribution in [2.24, 2.45) is 0 Å². The van der Waals surface area contributed by atoms with Crippen molar-refractivity contribution in [2.45, 2.75) is 13.5 Å². The monoisotopic (exact) mass is 411 g/mol. The zero-order valence-electron chi connectivity index (χ0n) is 16.3. The van der Waals surface area contributed by atoms with E-state index in [0.29, 0.717) is 22.3 Å². The Morgan fingerprint density at radius 3 is 2.22 bits per heavy atom. The zero-order valence-corrected chi connectivity index (χ0v) is 17.9. The molecule has 2 N–H and O–H groups in total. The molecule has 0 unspecified atom stereocenters. The molecule has 0 bridgehead atoms. The third kappa shape index (κ3) is 11.6. The number of rotatable bonds is 7. The summed E-state index contributed by atoms with van der Waals surface area (Å²) in [6, 6.07) is 5.89. The quantitative estimate of drug-likeness (QED) is 0.307. The van der Waals surface area contributed by atoms with Gasteiger partial charge in [-0.1, -0.05) is 13.0 Å². The minimum atomic E-state index is 0. The number of aromatic nitrogens is 2. The van der Waals surface area contributed by atoms with Crippen LogP contribution in [0, 0.1) is 33.1 Å². The Kier molecular flexibility index (Phi) is 17.0. The summed E-state index contributed by atoms with van der Waals surface area (Å²) >= 11 is 3.29. The van der Waals surface area contributed by atoms with E-state index in [1.54, 1.807) is 19.3 Å². The maximum atomic E-state index is 5.82. The summed E-state index contributed by atoms with van der Waals surface area (Å²) in [6.45, 7) is 22.4. The van der Waals surface area contributed by atoms with Crippen LogP contribution < -0.4 is 48.4 Å². The van der Waals surface area contributed by atoms with Gasteiger partial charge < -0.3 is 47.3 Å². The van der Waals surface area contributed by atoms with Crippen molar-refractivity contribution in [1.29, 1.82) is 0 Å². The number of nitrogens with one attached hydrogen (secondary N) is 2. The third-order valence-corrected chi connectivity index (χ3v) is 3.78. The van der Waals surface area contributed by atoms with Crippen molar-refractivity contribution in [2.75, 3.05) is 13.1 Å². The Balaban J connectivity index is 0. The van der Waals surface area contributed by atoms with E-state index in [9.17, 15) is 0 Å². The number of hydrogen-bond acceptors (Lipinski definition) is 4. The topological polar surface area (TPSA) is 49.8 Å². The molecule has 0 fully saturated rings. The molecule has 134 valence electrons. The Labute approximate surface area is 195 Å². The van der Waals surface area contributed by atoms with Gasteiger partial charge in [0.15, 0.2) is 0 Å². The van der Waals surface area contributed by atoms with Crippen LogP contribution in [0.15, 0.2) is 46.3 Å². The summed E-state index contributed by atoms with van der Waals surface area (Å²) in [7, 11) is 0. The van der Waals surface area contributed by atoms with Crippen LogP contribution in [0.4, 0.5) is 0 Å². The van der Waals surface area contributed by atoms with Gasteiger partial charge in [0.2, 0.25) is 0 Å². The van der Waals surface area contributed by atoms with E-state index in [1.807, 2.05) is 18.2 Å². The van der Waals surface area contributed by atoms with Crippen LogP contribution in [0.2, 0.25) is 0 Å². The van der Waals surface area contributed by atoms with Crippen LogP contribution in [0.25, 0.3) is 11.0 Å². The Hall–Kier alpha value is -0.785. The molecule has 27 heavy (non-hydrogen) atoms. The van der Waals surface area contributed by atoms with E-state index < -0.39 is 0 Å². The smallest absolute Gasteiger partial charge is 0.577 e. The molecule has 1 aromatic carbocycles. The summed E-state index contributed by atoms with van der Waals surface area (Å²) < 4.78 is 0.645. The predicted octanol–water partition coefficient (Wildman–Crippen LogP) is -2.25. The van der Waals surface area contributed by atoms with E-state index in [-0.39, 0.29) is 37.7 Å². The molecular weight excluding hydrogens is 390 g/mol. The van der Waals surface area contributed by atoms with Gasteiger partial charge in [0.05, 0.1) is 11.0 Å². The molecule has 1 heterocycles. The average molecular weight is 412 g/mol. The molecular formula is C20H22BrLi2N4-3. The fourth-order valence-electron chi connectivity index (χ4n) is 1.70. The van der Waals surface area contributed by atoms with E-state index in [4.69, 9.17) is 13.2 Å².